The van der Waals surface area contributed by atoms with E-state index in [1.54, 1.807) is 0 Å². The fourth-order valence-corrected chi connectivity index (χ4v) is 1.49. The molecule has 0 spiro atoms. The molecule has 1 atom stereocenters. The molecular formula is C13H20BrNO. The smallest absolute Gasteiger partial charge is 0.0813 e. The number of aliphatic hydroxyl groups is 1. The van der Waals surface area contributed by atoms with Crippen LogP contribution in [-0.4, -0.2) is 17.3 Å². The Labute approximate surface area is 106 Å². The minimum Gasteiger partial charge on any atom is -0.388 e. The minimum absolute atomic E-state index is 0.233. The highest BCUT2D eigenvalue weighted by molar-refractivity contribution is 9.10. The maximum atomic E-state index is 10.1. The molecule has 0 saturated carbocycles. The van der Waals surface area contributed by atoms with Crippen molar-refractivity contribution in [2.45, 2.75) is 33.3 Å². The number of halogens is 1. The van der Waals surface area contributed by atoms with Gasteiger partial charge in [0.1, 0.15) is 0 Å². The van der Waals surface area contributed by atoms with Gasteiger partial charge in [0.15, 0.2) is 0 Å². The van der Waals surface area contributed by atoms with Crippen LogP contribution in [0.1, 0.15) is 26.3 Å². The van der Waals surface area contributed by atoms with Crippen LogP contribution in [-0.2, 0) is 0 Å². The topological polar surface area (TPSA) is 32.3 Å². The van der Waals surface area contributed by atoms with E-state index < -0.39 is 5.60 Å². The van der Waals surface area contributed by atoms with E-state index >= 15 is 0 Å². The van der Waals surface area contributed by atoms with Gasteiger partial charge in [-0.15, -0.1) is 0 Å². The molecule has 1 aromatic carbocycles. The van der Waals surface area contributed by atoms with Gasteiger partial charge >= 0.3 is 0 Å². The van der Waals surface area contributed by atoms with Gasteiger partial charge < -0.3 is 10.4 Å². The van der Waals surface area contributed by atoms with Gasteiger partial charge in [-0.1, -0.05) is 29.8 Å². The average Bonchev–Trinajstić information content (AvgIpc) is 2.20. The third-order valence-electron chi connectivity index (χ3n) is 3.05. The molecule has 0 fully saturated rings. The zero-order valence-electron chi connectivity index (χ0n) is 10.3. The molecule has 0 heterocycles. The molecule has 0 saturated heterocycles. The van der Waals surface area contributed by atoms with E-state index in [2.05, 4.69) is 34.2 Å². The second kappa shape index (κ2) is 5.19. The summed E-state index contributed by atoms with van der Waals surface area (Å²) in [4.78, 5) is 0. The highest BCUT2D eigenvalue weighted by Gasteiger charge is 2.24. The van der Waals surface area contributed by atoms with Crippen molar-refractivity contribution in [2.24, 2.45) is 5.92 Å². The lowest BCUT2D eigenvalue weighted by Crippen LogP contribution is -2.38. The molecule has 0 amide bonds. The third-order valence-corrected chi connectivity index (χ3v) is 3.94. The van der Waals surface area contributed by atoms with Crippen molar-refractivity contribution < 1.29 is 5.11 Å². The molecular weight excluding hydrogens is 266 g/mol. The van der Waals surface area contributed by atoms with Crippen LogP contribution in [0.15, 0.2) is 22.7 Å². The summed E-state index contributed by atoms with van der Waals surface area (Å²) < 4.78 is 1.11. The fraction of sp³-hybridized carbons (Fsp3) is 0.538. The molecule has 1 rings (SSSR count). The maximum Gasteiger partial charge on any atom is 0.0813 e. The van der Waals surface area contributed by atoms with Crippen LogP contribution in [0.25, 0.3) is 0 Å². The first-order valence-electron chi connectivity index (χ1n) is 5.55. The Kier molecular flexibility index (Phi) is 4.39. The van der Waals surface area contributed by atoms with Gasteiger partial charge in [-0.25, -0.2) is 0 Å². The van der Waals surface area contributed by atoms with Crippen molar-refractivity contribution in [3.63, 3.8) is 0 Å². The van der Waals surface area contributed by atoms with Crippen molar-refractivity contribution >= 4 is 21.6 Å². The van der Waals surface area contributed by atoms with Gasteiger partial charge in [0.05, 0.1) is 5.60 Å². The van der Waals surface area contributed by atoms with Crippen LogP contribution >= 0.6 is 15.9 Å². The zero-order chi connectivity index (χ0) is 12.3. The number of hydrogen-bond acceptors (Lipinski definition) is 2. The van der Waals surface area contributed by atoms with Crippen LogP contribution in [0.5, 0.6) is 0 Å². The average molecular weight is 286 g/mol. The van der Waals surface area contributed by atoms with Gasteiger partial charge in [0.2, 0.25) is 0 Å². The van der Waals surface area contributed by atoms with Gasteiger partial charge in [0, 0.05) is 16.7 Å². The van der Waals surface area contributed by atoms with Crippen molar-refractivity contribution in [3.05, 3.63) is 28.2 Å². The number of rotatable bonds is 4. The monoisotopic (exact) mass is 285 g/mol. The minimum atomic E-state index is -0.680. The van der Waals surface area contributed by atoms with Gasteiger partial charge in [-0.05, 0) is 43.5 Å². The fourth-order valence-electron chi connectivity index (χ4n) is 1.24. The van der Waals surface area contributed by atoms with E-state index in [-0.39, 0.29) is 5.92 Å². The second-order valence-electron chi connectivity index (χ2n) is 4.83. The quantitative estimate of drug-likeness (QED) is 0.886. The van der Waals surface area contributed by atoms with Gasteiger partial charge in [-0.3, -0.25) is 0 Å². The standard InChI is InChI=1S/C13H20BrNO/c1-9(2)13(4,16)8-15-11-5-6-12(14)10(3)7-11/h5-7,9,15-16H,8H2,1-4H3. The Morgan fingerprint density at radius 1 is 1.44 bits per heavy atom. The first kappa shape index (κ1) is 13.5. The predicted molar refractivity (Wildman–Crippen MR) is 72.8 cm³/mol. The predicted octanol–water partition coefficient (Wildman–Crippen LogP) is 3.58. The van der Waals surface area contributed by atoms with E-state index in [4.69, 9.17) is 0 Å². The molecule has 3 heteroatoms. The number of benzene rings is 1. The Hall–Kier alpha value is -0.540. The molecule has 2 N–H and O–H groups in total. The molecule has 1 unspecified atom stereocenters. The Bertz CT molecular complexity index is 361. The van der Waals surface area contributed by atoms with E-state index in [1.807, 2.05) is 32.9 Å². The van der Waals surface area contributed by atoms with E-state index in [0.717, 1.165) is 10.2 Å². The molecule has 0 aliphatic carbocycles. The zero-order valence-corrected chi connectivity index (χ0v) is 11.9. The van der Waals surface area contributed by atoms with Crippen LogP contribution in [0, 0.1) is 12.8 Å². The Morgan fingerprint density at radius 3 is 2.56 bits per heavy atom. The number of aryl methyl sites for hydroxylation is 1. The van der Waals surface area contributed by atoms with Crippen LogP contribution in [0.4, 0.5) is 5.69 Å². The van der Waals surface area contributed by atoms with Crippen LogP contribution in [0.3, 0.4) is 0 Å². The van der Waals surface area contributed by atoms with Crippen molar-refractivity contribution in [3.8, 4) is 0 Å². The van der Waals surface area contributed by atoms with Crippen molar-refractivity contribution in [1.29, 1.82) is 0 Å². The summed E-state index contributed by atoms with van der Waals surface area (Å²) in [5.74, 6) is 0.233. The molecule has 0 bridgehead atoms. The maximum absolute atomic E-state index is 10.1. The summed E-state index contributed by atoms with van der Waals surface area (Å²) in [6.07, 6.45) is 0. The number of hydrogen-bond donors (Lipinski definition) is 2. The summed E-state index contributed by atoms with van der Waals surface area (Å²) >= 11 is 3.47. The second-order valence-corrected chi connectivity index (χ2v) is 5.68. The molecule has 16 heavy (non-hydrogen) atoms. The molecule has 0 aliphatic rings. The summed E-state index contributed by atoms with van der Waals surface area (Å²) in [6, 6.07) is 6.09. The highest BCUT2D eigenvalue weighted by Crippen LogP contribution is 2.22. The van der Waals surface area contributed by atoms with E-state index in [1.165, 1.54) is 5.56 Å². The SMILES string of the molecule is Cc1cc(NCC(C)(O)C(C)C)ccc1Br. The Balaban J connectivity index is 2.65. The van der Waals surface area contributed by atoms with E-state index in [9.17, 15) is 5.11 Å². The van der Waals surface area contributed by atoms with Gasteiger partial charge in [-0.2, -0.15) is 0 Å². The normalized spacial score (nSPS) is 14.9. The molecule has 0 aromatic heterocycles. The molecule has 1 aromatic rings. The lowest BCUT2D eigenvalue weighted by atomic mass is 9.92. The molecule has 0 radical (unpaired) electrons. The van der Waals surface area contributed by atoms with Crippen molar-refractivity contribution in [1.82, 2.24) is 0 Å². The largest absolute Gasteiger partial charge is 0.388 e. The lowest BCUT2D eigenvalue weighted by Gasteiger charge is -2.28. The van der Waals surface area contributed by atoms with E-state index in [0.29, 0.717) is 6.54 Å². The number of anilines is 1. The summed E-state index contributed by atoms with van der Waals surface area (Å²) in [5.41, 5.74) is 1.55. The van der Waals surface area contributed by atoms with Crippen LogP contribution < -0.4 is 5.32 Å². The molecule has 2 nitrogen and oxygen atoms in total. The highest BCUT2D eigenvalue weighted by atomic mass is 79.9. The summed E-state index contributed by atoms with van der Waals surface area (Å²) in [5, 5.41) is 13.4. The molecule has 0 aliphatic heterocycles. The third kappa shape index (κ3) is 3.49. The summed E-state index contributed by atoms with van der Waals surface area (Å²) in [6.45, 7) is 8.51. The van der Waals surface area contributed by atoms with Crippen molar-refractivity contribution in [2.75, 3.05) is 11.9 Å². The molecule has 90 valence electrons. The lowest BCUT2D eigenvalue weighted by molar-refractivity contribution is 0.0266. The Morgan fingerprint density at radius 2 is 2.06 bits per heavy atom. The van der Waals surface area contributed by atoms with Crippen LogP contribution in [0.2, 0.25) is 0 Å². The first-order chi connectivity index (χ1) is 7.33. The number of nitrogens with one attached hydrogen (secondary N) is 1. The van der Waals surface area contributed by atoms with Gasteiger partial charge in [0.25, 0.3) is 0 Å². The first-order valence-corrected chi connectivity index (χ1v) is 6.34. The summed E-state index contributed by atoms with van der Waals surface area (Å²) in [7, 11) is 0.